The summed E-state index contributed by atoms with van der Waals surface area (Å²) in [6, 6.07) is 0. The quantitative estimate of drug-likeness (QED) is 0.686. The van der Waals surface area contributed by atoms with Crippen LogP contribution in [0.1, 0.15) is 11.9 Å². The first-order valence-electron chi connectivity index (χ1n) is 4.92. The molecular weight excluding hydrogens is 194 g/mol. The lowest BCUT2D eigenvalue weighted by atomic mass is 10.3. The van der Waals surface area contributed by atoms with Crippen molar-refractivity contribution in [3.05, 3.63) is 18.3 Å². The first kappa shape index (κ1) is 8.75. The number of hydrogen-bond donors (Lipinski definition) is 2. The highest BCUT2D eigenvalue weighted by atomic mass is 16.5. The van der Waals surface area contributed by atoms with Gasteiger partial charge in [0.2, 0.25) is 0 Å². The molecule has 15 heavy (non-hydrogen) atoms. The van der Waals surface area contributed by atoms with Gasteiger partial charge in [-0.25, -0.2) is 15.0 Å². The van der Waals surface area contributed by atoms with Crippen LogP contribution in [0.4, 0.5) is 0 Å². The molecule has 0 bridgehead atoms. The summed E-state index contributed by atoms with van der Waals surface area (Å²) in [7, 11) is 0. The van der Waals surface area contributed by atoms with Crippen LogP contribution < -0.4 is 5.32 Å². The van der Waals surface area contributed by atoms with E-state index in [-0.39, 0.29) is 6.10 Å². The van der Waals surface area contributed by atoms with Gasteiger partial charge in [-0.05, 0) is 0 Å². The van der Waals surface area contributed by atoms with Crippen molar-refractivity contribution in [1.29, 1.82) is 0 Å². The van der Waals surface area contributed by atoms with E-state index in [4.69, 9.17) is 4.74 Å². The number of H-pyrrole nitrogens is 1. The number of nitrogens with zero attached hydrogens (tertiary/aromatic N) is 3. The highest BCUT2D eigenvalue weighted by Gasteiger charge is 2.18. The summed E-state index contributed by atoms with van der Waals surface area (Å²) in [4.78, 5) is 15.6. The van der Waals surface area contributed by atoms with E-state index in [0.29, 0.717) is 18.1 Å². The van der Waals surface area contributed by atoms with Crippen LogP contribution in [0.5, 0.6) is 0 Å². The standard InChI is InChI=1S/C9H11N5O/c1-2-15-7(4-10-1)9-11-3-6-8(14-9)13-5-12-6/h3,5,7,10H,1-2,4H2,(H,11,12,13,14). The SMILES string of the molecule is c1nc2nc(C3CNCCO3)ncc2[nH]1. The van der Waals surface area contributed by atoms with Crippen LogP contribution in [0.3, 0.4) is 0 Å². The number of rotatable bonds is 1. The van der Waals surface area contributed by atoms with Gasteiger partial charge in [0.25, 0.3) is 0 Å². The Kier molecular flexibility index (Phi) is 2.08. The number of aromatic amines is 1. The van der Waals surface area contributed by atoms with Gasteiger partial charge >= 0.3 is 0 Å². The van der Waals surface area contributed by atoms with Gasteiger partial charge in [0.1, 0.15) is 11.6 Å². The molecule has 0 aliphatic carbocycles. The Balaban J connectivity index is 1.95. The molecular formula is C9H11N5O. The van der Waals surface area contributed by atoms with E-state index < -0.39 is 0 Å². The molecule has 0 amide bonds. The fraction of sp³-hybridized carbons (Fsp3) is 0.444. The maximum Gasteiger partial charge on any atom is 0.180 e. The van der Waals surface area contributed by atoms with Gasteiger partial charge in [0.05, 0.1) is 19.1 Å². The number of ether oxygens (including phenoxy) is 1. The third kappa shape index (κ3) is 1.57. The minimum atomic E-state index is -0.0557. The smallest absolute Gasteiger partial charge is 0.180 e. The molecule has 1 saturated heterocycles. The molecule has 3 rings (SSSR count). The lowest BCUT2D eigenvalue weighted by Crippen LogP contribution is -2.34. The molecule has 1 atom stereocenters. The van der Waals surface area contributed by atoms with E-state index in [1.165, 1.54) is 0 Å². The molecule has 1 aliphatic rings. The van der Waals surface area contributed by atoms with Crippen LogP contribution in [-0.2, 0) is 4.74 Å². The van der Waals surface area contributed by atoms with E-state index in [0.717, 1.165) is 18.6 Å². The lowest BCUT2D eigenvalue weighted by molar-refractivity contribution is 0.0223. The summed E-state index contributed by atoms with van der Waals surface area (Å²) in [5, 5.41) is 3.24. The van der Waals surface area contributed by atoms with E-state index in [9.17, 15) is 0 Å². The van der Waals surface area contributed by atoms with Crippen LogP contribution in [-0.4, -0.2) is 39.6 Å². The van der Waals surface area contributed by atoms with Crippen molar-refractivity contribution < 1.29 is 4.74 Å². The number of imidazole rings is 1. The van der Waals surface area contributed by atoms with Crippen molar-refractivity contribution in [2.75, 3.05) is 19.7 Å². The van der Waals surface area contributed by atoms with E-state index in [2.05, 4.69) is 25.3 Å². The van der Waals surface area contributed by atoms with Crippen molar-refractivity contribution in [2.45, 2.75) is 6.10 Å². The van der Waals surface area contributed by atoms with Crippen molar-refractivity contribution in [3.8, 4) is 0 Å². The van der Waals surface area contributed by atoms with E-state index in [1.54, 1.807) is 12.5 Å². The first-order valence-corrected chi connectivity index (χ1v) is 4.92. The topological polar surface area (TPSA) is 75.7 Å². The molecule has 6 nitrogen and oxygen atoms in total. The number of hydrogen-bond acceptors (Lipinski definition) is 5. The predicted octanol–water partition coefficient (Wildman–Crippen LogP) is 0.0138. The van der Waals surface area contributed by atoms with Gasteiger partial charge in [-0.1, -0.05) is 0 Å². The zero-order valence-corrected chi connectivity index (χ0v) is 8.10. The number of fused-ring (bicyclic) bond motifs is 1. The van der Waals surface area contributed by atoms with Crippen molar-refractivity contribution in [1.82, 2.24) is 25.3 Å². The van der Waals surface area contributed by atoms with Crippen LogP contribution in [0, 0.1) is 0 Å². The minimum absolute atomic E-state index is 0.0557. The molecule has 0 radical (unpaired) electrons. The van der Waals surface area contributed by atoms with Gasteiger partial charge in [0.15, 0.2) is 11.5 Å². The second-order valence-electron chi connectivity index (χ2n) is 3.43. The Bertz CT molecular complexity index is 462. The molecule has 2 aromatic rings. The van der Waals surface area contributed by atoms with Crippen LogP contribution in [0.25, 0.3) is 11.2 Å². The molecule has 1 unspecified atom stereocenters. The molecule has 1 aliphatic heterocycles. The summed E-state index contributed by atoms with van der Waals surface area (Å²) in [6.45, 7) is 2.35. The summed E-state index contributed by atoms with van der Waals surface area (Å²) in [5.41, 5.74) is 1.54. The zero-order valence-electron chi connectivity index (χ0n) is 8.10. The van der Waals surface area contributed by atoms with Crippen molar-refractivity contribution in [3.63, 3.8) is 0 Å². The summed E-state index contributed by atoms with van der Waals surface area (Å²) >= 11 is 0. The zero-order chi connectivity index (χ0) is 10.1. The summed E-state index contributed by atoms with van der Waals surface area (Å²) in [5.74, 6) is 0.696. The molecule has 0 spiro atoms. The third-order valence-electron chi connectivity index (χ3n) is 2.41. The Morgan fingerprint density at radius 1 is 1.40 bits per heavy atom. The number of aromatic nitrogens is 4. The second-order valence-corrected chi connectivity index (χ2v) is 3.43. The average molecular weight is 205 g/mol. The largest absolute Gasteiger partial charge is 0.368 e. The van der Waals surface area contributed by atoms with Gasteiger partial charge in [0, 0.05) is 13.1 Å². The molecule has 2 aromatic heterocycles. The average Bonchev–Trinajstić information content (AvgIpc) is 2.77. The van der Waals surface area contributed by atoms with E-state index >= 15 is 0 Å². The van der Waals surface area contributed by atoms with Crippen LogP contribution in [0.2, 0.25) is 0 Å². The van der Waals surface area contributed by atoms with Gasteiger partial charge in [-0.3, -0.25) is 0 Å². The van der Waals surface area contributed by atoms with Crippen LogP contribution >= 0.6 is 0 Å². The van der Waals surface area contributed by atoms with E-state index in [1.807, 2.05) is 0 Å². The molecule has 78 valence electrons. The monoisotopic (exact) mass is 205 g/mol. The Hall–Kier alpha value is -1.53. The normalized spacial score (nSPS) is 22.0. The molecule has 0 saturated carbocycles. The van der Waals surface area contributed by atoms with Gasteiger partial charge in [-0.15, -0.1) is 0 Å². The third-order valence-corrected chi connectivity index (χ3v) is 2.41. The number of nitrogens with one attached hydrogen (secondary N) is 2. The molecule has 3 heterocycles. The van der Waals surface area contributed by atoms with Gasteiger partial charge < -0.3 is 15.0 Å². The highest BCUT2D eigenvalue weighted by molar-refractivity contribution is 5.68. The Morgan fingerprint density at radius 3 is 3.27 bits per heavy atom. The second kappa shape index (κ2) is 3.56. The lowest BCUT2D eigenvalue weighted by Gasteiger charge is -2.21. The predicted molar refractivity (Wildman–Crippen MR) is 53.2 cm³/mol. The molecule has 6 heteroatoms. The molecule has 0 aromatic carbocycles. The Labute approximate surface area is 86.1 Å². The highest BCUT2D eigenvalue weighted by Crippen LogP contribution is 2.15. The fourth-order valence-electron chi connectivity index (χ4n) is 1.64. The maximum atomic E-state index is 5.56. The maximum absolute atomic E-state index is 5.56. The van der Waals surface area contributed by atoms with Crippen molar-refractivity contribution >= 4 is 11.2 Å². The van der Waals surface area contributed by atoms with Gasteiger partial charge in [-0.2, -0.15) is 0 Å². The molecule has 2 N–H and O–H groups in total. The molecule has 1 fully saturated rings. The summed E-state index contributed by atoms with van der Waals surface area (Å²) < 4.78 is 5.56. The Morgan fingerprint density at radius 2 is 2.40 bits per heavy atom. The summed E-state index contributed by atoms with van der Waals surface area (Å²) in [6.07, 6.45) is 3.30. The minimum Gasteiger partial charge on any atom is -0.368 e. The fourth-order valence-corrected chi connectivity index (χ4v) is 1.64. The van der Waals surface area contributed by atoms with Crippen LogP contribution in [0.15, 0.2) is 12.5 Å². The number of morpholine rings is 1. The first-order chi connectivity index (χ1) is 7.43. The van der Waals surface area contributed by atoms with Crippen molar-refractivity contribution in [2.24, 2.45) is 0 Å².